The van der Waals surface area contributed by atoms with Gasteiger partial charge >= 0.3 is 0 Å². The van der Waals surface area contributed by atoms with Crippen molar-refractivity contribution in [2.45, 2.75) is 19.8 Å². The minimum Gasteiger partial charge on any atom is -0.396 e. The zero-order valence-corrected chi connectivity index (χ0v) is 11.7. The lowest BCUT2D eigenvalue weighted by atomic mass is 10.1. The predicted octanol–water partition coefficient (Wildman–Crippen LogP) is 3.23. The van der Waals surface area contributed by atoms with Crippen LogP contribution in [0.2, 0.25) is 0 Å². The Balaban J connectivity index is 2.07. The number of carbonyl (C=O) groups excluding carboxylic acids is 1. The van der Waals surface area contributed by atoms with Gasteiger partial charge < -0.3 is 10.4 Å². The van der Waals surface area contributed by atoms with Crippen LogP contribution in [-0.2, 0) is 6.42 Å². The van der Waals surface area contributed by atoms with Crippen molar-refractivity contribution in [2.75, 3.05) is 11.9 Å². The summed E-state index contributed by atoms with van der Waals surface area (Å²) in [7, 11) is 0. The Hall–Kier alpha value is -1.65. The summed E-state index contributed by atoms with van der Waals surface area (Å²) >= 11 is 1.53. The summed E-state index contributed by atoms with van der Waals surface area (Å²) in [6.45, 7) is 2.12. The first-order chi connectivity index (χ1) is 9.20. The summed E-state index contributed by atoms with van der Waals surface area (Å²) < 4.78 is 0. The lowest BCUT2D eigenvalue weighted by Crippen LogP contribution is -2.12. The van der Waals surface area contributed by atoms with Gasteiger partial charge in [0.15, 0.2) is 0 Å². The van der Waals surface area contributed by atoms with Crippen LogP contribution in [0.5, 0.6) is 0 Å². The molecule has 3 nitrogen and oxygen atoms in total. The lowest BCUT2D eigenvalue weighted by Gasteiger charge is -2.07. The highest BCUT2D eigenvalue weighted by atomic mass is 32.1. The topological polar surface area (TPSA) is 49.3 Å². The van der Waals surface area contributed by atoms with Crippen molar-refractivity contribution in [1.82, 2.24) is 0 Å². The molecule has 0 fully saturated rings. The standard InChI is InChI=1S/C15H17NO2S/c1-11-9-19-10-14(11)15(18)16-13-6-2-4-12(8-13)5-3-7-17/h2,4,6,8-10,17H,3,5,7H2,1H3,(H,16,18). The fourth-order valence-electron chi connectivity index (χ4n) is 1.88. The van der Waals surface area contributed by atoms with Crippen molar-refractivity contribution < 1.29 is 9.90 Å². The number of rotatable bonds is 5. The number of aryl methyl sites for hydroxylation is 2. The first kappa shape index (κ1) is 13.8. The van der Waals surface area contributed by atoms with Gasteiger partial charge in [-0.25, -0.2) is 0 Å². The van der Waals surface area contributed by atoms with Crippen LogP contribution in [0.1, 0.15) is 27.9 Å². The number of benzene rings is 1. The molecule has 2 rings (SSSR count). The molecule has 1 heterocycles. The van der Waals surface area contributed by atoms with Gasteiger partial charge in [-0.1, -0.05) is 12.1 Å². The zero-order valence-electron chi connectivity index (χ0n) is 10.8. The van der Waals surface area contributed by atoms with E-state index in [0.717, 1.165) is 35.2 Å². The van der Waals surface area contributed by atoms with E-state index < -0.39 is 0 Å². The van der Waals surface area contributed by atoms with E-state index in [4.69, 9.17) is 5.11 Å². The van der Waals surface area contributed by atoms with Gasteiger partial charge in [0.1, 0.15) is 0 Å². The van der Waals surface area contributed by atoms with Crippen LogP contribution in [0.3, 0.4) is 0 Å². The molecule has 0 unspecified atom stereocenters. The summed E-state index contributed by atoms with van der Waals surface area (Å²) in [5.41, 5.74) is 3.64. The molecule has 0 spiro atoms. The van der Waals surface area contributed by atoms with Gasteiger partial charge in [0.25, 0.3) is 5.91 Å². The number of amides is 1. The Bertz CT molecular complexity index is 563. The van der Waals surface area contributed by atoms with E-state index in [1.165, 1.54) is 11.3 Å². The quantitative estimate of drug-likeness (QED) is 0.880. The Morgan fingerprint density at radius 1 is 1.37 bits per heavy atom. The monoisotopic (exact) mass is 275 g/mol. The second-order valence-corrected chi connectivity index (χ2v) is 5.19. The van der Waals surface area contributed by atoms with Gasteiger partial charge in [0.2, 0.25) is 0 Å². The molecule has 19 heavy (non-hydrogen) atoms. The van der Waals surface area contributed by atoms with Crippen molar-refractivity contribution in [3.05, 3.63) is 51.7 Å². The Kier molecular flexibility index (Phi) is 4.71. The SMILES string of the molecule is Cc1cscc1C(=O)Nc1cccc(CCCO)c1. The molecule has 0 atom stereocenters. The maximum Gasteiger partial charge on any atom is 0.256 e. The number of aliphatic hydroxyl groups is 1. The van der Waals surface area contributed by atoms with Crippen LogP contribution in [0, 0.1) is 6.92 Å². The average Bonchev–Trinajstić information content (AvgIpc) is 2.83. The molecule has 100 valence electrons. The van der Waals surface area contributed by atoms with E-state index in [2.05, 4.69) is 5.32 Å². The minimum absolute atomic E-state index is 0.0712. The van der Waals surface area contributed by atoms with Crippen molar-refractivity contribution >= 4 is 22.9 Å². The maximum atomic E-state index is 12.1. The molecule has 0 radical (unpaired) electrons. The molecule has 4 heteroatoms. The van der Waals surface area contributed by atoms with Crippen LogP contribution in [-0.4, -0.2) is 17.6 Å². The Labute approximate surface area is 116 Å². The summed E-state index contributed by atoms with van der Waals surface area (Å²) in [6.07, 6.45) is 1.55. The molecule has 0 saturated heterocycles. The van der Waals surface area contributed by atoms with Gasteiger partial charge in [-0.15, -0.1) is 0 Å². The molecule has 0 saturated carbocycles. The highest BCUT2D eigenvalue weighted by Crippen LogP contribution is 2.17. The Morgan fingerprint density at radius 3 is 2.89 bits per heavy atom. The predicted molar refractivity (Wildman–Crippen MR) is 78.9 cm³/mol. The van der Waals surface area contributed by atoms with Gasteiger partial charge in [0, 0.05) is 17.7 Å². The fourth-order valence-corrected chi connectivity index (χ4v) is 2.71. The number of hydrogen-bond acceptors (Lipinski definition) is 3. The van der Waals surface area contributed by atoms with Crippen molar-refractivity contribution in [2.24, 2.45) is 0 Å². The van der Waals surface area contributed by atoms with Crippen LogP contribution < -0.4 is 5.32 Å². The highest BCUT2D eigenvalue weighted by Gasteiger charge is 2.09. The van der Waals surface area contributed by atoms with E-state index in [1.54, 1.807) is 0 Å². The molecule has 0 bridgehead atoms. The first-order valence-electron chi connectivity index (χ1n) is 6.24. The summed E-state index contributed by atoms with van der Waals surface area (Å²) in [5, 5.41) is 15.6. The average molecular weight is 275 g/mol. The minimum atomic E-state index is -0.0712. The van der Waals surface area contributed by atoms with E-state index in [-0.39, 0.29) is 12.5 Å². The van der Waals surface area contributed by atoms with E-state index in [0.29, 0.717) is 0 Å². The molecular weight excluding hydrogens is 258 g/mol. The molecular formula is C15H17NO2S. The van der Waals surface area contributed by atoms with E-state index in [1.807, 2.05) is 41.9 Å². The molecule has 0 aliphatic rings. The van der Waals surface area contributed by atoms with Crippen molar-refractivity contribution in [1.29, 1.82) is 0 Å². The third kappa shape index (κ3) is 3.66. The number of carbonyl (C=O) groups is 1. The maximum absolute atomic E-state index is 12.1. The largest absolute Gasteiger partial charge is 0.396 e. The molecule has 1 aromatic heterocycles. The third-order valence-electron chi connectivity index (χ3n) is 2.91. The second kappa shape index (κ2) is 6.50. The number of thiophene rings is 1. The zero-order chi connectivity index (χ0) is 13.7. The molecule has 0 aliphatic heterocycles. The number of nitrogens with one attached hydrogen (secondary N) is 1. The summed E-state index contributed by atoms with van der Waals surface area (Å²) in [4.78, 5) is 12.1. The summed E-state index contributed by atoms with van der Waals surface area (Å²) in [6, 6.07) is 7.75. The van der Waals surface area contributed by atoms with Gasteiger partial charge in [-0.3, -0.25) is 4.79 Å². The van der Waals surface area contributed by atoms with Gasteiger partial charge in [-0.05, 0) is 48.4 Å². The number of anilines is 1. The number of hydrogen-bond donors (Lipinski definition) is 2. The third-order valence-corrected chi connectivity index (χ3v) is 3.77. The fraction of sp³-hybridized carbons (Fsp3) is 0.267. The van der Waals surface area contributed by atoms with E-state index >= 15 is 0 Å². The molecule has 0 aliphatic carbocycles. The van der Waals surface area contributed by atoms with Crippen LogP contribution in [0.15, 0.2) is 35.0 Å². The Morgan fingerprint density at radius 2 is 2.21 bits per heavy atom. The molecule has 2 aromatic rings. The first-order valence-corrected chi connectivity index (χ1v) is 7.19. The van der Waals surface area contributed by atoms with Gasteiger partial charge in [-0.2, -0.15) is 11.3 Å². The van der Waals surface area contributed by atoms with Crippen molar-refractivity contribution in [3.63, 3.8) is 0 Å². The molecule has 1 amide bonds. The van der Waals surface area contributed by atoms with Crippen LogP contribution >= 0.6 is 11.3 Å². The van der Waals surface area contributed by atoms with E-state index in [9.17, 15) is 4.79 Å². The smallest absolute Gasteiger partial charge is 0.256 e. The van der Waals surface area contributed by atoms with Gasteiger partial charge in [0.05, 0.1) is 5.56 Å². The normalized spacial score (nSPS) is 10.4. The lowest BCUT2D eigenvalue weighted by molar-refractivity contribution is 0.102. The molecule has 1 aromatic carbocycles. The van der Waals surface area contributed by atoms with Crippen molar-refractivity contribution in [3.8, 4) is 0 Å². The highest BCUT2D eigenvalue weighted by molar-refractivity contribution is 7.08. The summed E-state index contributed by atoms with van der Waals surface area (Å²) in [5.74, 6) is -0.0712. The molecule has 2 N–H and O–H groups in total. The number of aliphatic hydroxyl groups excluding tert-OH is 1. The second-order valence-electron chi connectivity index (χ2n) is 4.45. The van der Waals surface area contributed by atoms with Crippen LogP contribution in [0.4, 0.5) is 5.69 Å². The van der Waals surface area contributed by atoms with Crippen LogP contribution in [0.25, 0.3) is 0 Å².